The van der Waals surface area contributed by atoms with Gasteiger partial charge in [0.15, 0.2) is 11.6 Å². The summed E-state index contributed by atoms with van der Waals surface area (Å²) in [6.45, 7) is 7.16. The first-order chi connectivity index (χ1) is 11.4. The van der Waals surface area contributed by atoms with Crippen LogP contribution < -0.4 is 0 Å². The zero-order valence-corrected chi connectivity index (χ0v) is 14.4. The molecule has 0 aliphatic rings. The second-order valence-electron chi connectivity index (χ2n) is 5.28. The fraction of sp³-hybridized carbons (Fsp3) is 0.316. The fourth-order valence-electron chi connectivity index (χ4n) is 1.91. The number of nitriles is 1. The Kier molecular flexibility index (Phi) is 7.70. The van der Waals surface area contributed by atoms with E-state index in [1.807, 2.05) is 26.0 Å². The van der Waals surface area contributed by atoms with Gasteiger partial charge in [-0.3, -0.25) is 9.98 Å². The Morgan fingerprint density at radius 1 is 1.12 bits per heavy atom. The Balaban J connectivity index is 3.09. The number of nitrogens with zero attached hydrogens (tertiary/aromatic N) is 3. The van der Waals surface area contributed by atoms with E-state index in [4.69, 9.17) is 5.26 Å². The number of allylic oxidation sites excluding steroid dienone is 2. The molecule has 1 rings (SSSR count). The molecule has 0 unspecified atom stereocenters. The Hall–Kier alpha value is -2.61. The van der Waals surface area contributed by atoms with Gasteiger partial charge in [0.2, 0.25) is 0 Å². The number of rotatable bonds is 6. The smallest absolute Gasteiger partial charge is 0.166 e. The molecule has 1 aromatic rings. The topological polar surface area (TPSA) is 48.5 Å². The molecule has 0 aromatic heterocycles. The first-order valence-corrected chi connectivity index (χ1v) is 7.63. The number of aliphatic imine (C=N–C) groups is 2. The van der Waals surface area contributed by atoms with Crippen molar-refractivity contribution in [3.63, 3.8) is 0 Å². The summed E-state index contributed by atoms with van der Waals surface area (Å²) in [5.41, 5.74) is 2.32. The van der Waals surface area contributed by atoms with E-state index in [9.17, 15) is 8.78 Å². The average Bonchev–Trinajstić information content (AvgIpc) is 2.58. The van der Waals surface area contributed by atoms with Crippen molar-refractivity contribution < 1.29 is 8.78 Å². The number of benzene rings is 1. The molecule has 24 heavy (non-hydrogen) atoms. The van der Waals surface area contributed by atoms with Gasteiger partial charge in [-0.25, -0.2) is 8.78 Å². The summed E-state index contributed by atoms with van der Waals surface area (Å²) in [5.74, 6) is -1.81. The van der Waals surface area contributed by atoms with Gasteiger partial charge < -0.3 is 0 Å². The lowest BCUT2D eigenvalue weighted by atomic mass is 10.0. The standard InChI is InChI=1S/C19H21F2N3/c1-5-11-23-14(3)15(4)24-12-13(2)17-9-8-16(7-6-10-22)18(20)19(17)21/h5,8-9,11-12H,6-7H2,1-4H3/b11-5-,13-12+,23-14?,24-15?. The van der Waals surface area contributed by atoms with E-state index < -0.39 is 11.6 Å². The summed E-state index contributed by atoms with van der Waals surface area (Å²) >= 11 is 0. The van der Waals surface area contributed by atoms with Gasteiger partial charge in [0, 0.05) is 24.4 Å². The van der Waals surface area contributed by atoms with E-state index >= 15 is 0 Å². The Labute approximate surface area is 141 Å². The summed E-state index contributed by atoms with van der Waals surface area (Å²) in [6.07, 6.45) is 5.32. The highest BCUT2D eigenvalue weighted by Crippen LogP contribution is 2.23. The molecule has 0 atom stereocenters. The molecule has 0 heterocycles. The lowest BCUT2D eigenvalue weighted by Crippen LogP contribution is -2.04. The number of aryl methyl sites for hydroxylation is 1. The molecule has 126 valence electrons. The summed E-state index contributed by atoms with van der Waals surface area (Å²) in [5, 5.41) is 8.55. The summed E-state index contributed by atoms with van der Waals surface area (Å²) < 4.78 is 28.2. The Morgan fingerprint density at radius 2 is 1.79 bits per heavy atom. The van der Waals surface area contributed by atoms with Gasteiger partial charge in [-0.2, -0.15) is 5.26 Å². The molecule has 0 saturated heterocycles. The highest BCUT2D eigenvalue weighted by Gasteiger charge is 2.14. The van der Waals surface area contributed by atoms with E-state index in [1.54, 1.807) is 20.0 Å². The van der Waals surface area contributed by atoms with Gasteiger partial charge >= 0.3 is 0 Å². The van der Waals surface area contributed by atoms with E-state index in [1.165, 1.54) is 18.3 Å². The second kappa shape index (κ2) is 9.51. The molecule has 3 nitrogen and oxygen atoms in total. The largest absolute Gasteiger partial charge is 0.260 e. The van der Waals surface area contributed by atoms with Crippen molar-refractivity contribution >= 4 is 17.0 Å². The minimum Gasteiger partial charge on any atom is -0.260 e. The second-order valence-corrected chi connectivity index (χ2v) is 5.28. The quantitative estimate of drug-likeness (QED) is 0.659. The normalized spacial score (nSPS) is 13.5. The lowest BCUT2D eigenvalue weighted by molar-refractivity contribution is 0.496. The molecule has 0 amide bonds. The van der Waals surface area contributed by atoms with Gasteiger partial charge in [-0.05, 0) is 45.3 Å². The van der Waals surface area contributed by atoms with Crippen LogP contribution in [0.3, 0.4) is 0 Å². The SMILES string of the molecule is C/C=C\N=C(C)C(C)=N/C=C(\C)c1ccc(CCC#N)c(F)c1F. The van der Waals surface area contributed by atoms with Crippen molar-refractivity contribution in [2.45, 2.75) is 40.5 Å². The molecule has 0 spiro atoms. The molecule has 5 heteroatoms. The van der Waals surface area contributed by atoms with Crippen LogP contribution in [0.5, 0.6) is 0 Å². The minimum absolute atomic E-state index is 0.152. The van der Waals surface area contributed by atoms with E-state index in [2.05, 4.69) is 9.98 Å². The first-order valence-electron chi connectivity index (χ1n) is 7.63. The Bertz CT molecular complexity index is 751. The van der Waals surface area contributed by atoms with Crippen molar-refractivity contribution in [3.05, 3.63) is 53.4 Å². The van der Waals surface area contributed by atoms with Crippen LogP contribution in [0.2, 0.25) is 0 Å². The van der Waals surface area contributed by atoms with Gasteiger partial charge in [0.25, 0.3) is 0 Å². The number of halogens is 2. The van der Waals surface area contributed by atoms with Crippen LogP contribution in [0.1, 0.15) is 45.2 Å². The molecule has 0 aliphatic heterocycles. The van der Waals surface area contributed by atoms with Crippen molar-refractivity contribution in [2.24, 2.45) is 9.98 Å². The van der Waals surface area contributed by atoms with Crippen LogP contribution in [0, 0.1) is 23.0 Å². The number of hydrogen-bond acceptors (Lipinski definition) is 3. The van der Waals surface area contributed by atoms with Crippen LogP contribution in [-0.4, -0.2) is 11.4 Å². The van der Waals surface area contributed by atoms with Gasteiger partial charge in [0.05, 0.1) is 17.5 Å². The highest BCUT2D eigenvalue weighted by atomic mass is 19.2. The van der Waals surface area contributed by atoms with Crippen LogP contribution in [0.15, 0.2) is 40.6 Å². The number of hydrogen-bond donors (Lipinski definition) is 0. The van der Waals surface area contributed by atoms with Crippen LogP contribution >= 0.6 is 0 Å². The van der Waals surface area contributed by atoms with E-state index in [0.717, 1.165) is 5.71 Å². The Morgan fingerprint density at radius 3 is 2.42 bits per heavy atom. The van der Waals surface area contributed by atoms with Crippen molar-refractivity contribution in [1.82, 2.24) is 0 Å². The van der Waals surface area contributed by atoms with Gasteiger partial charge in [0.1, 0.15) is 0 Å². The van der Waals surface area contributed by atoms with Gasteiger partial charge in [-0.1, -0.05) is 18.2 Å². The van der Waals surface area contributed by atoms with E-state index in [-0.39, 0.29) is 24.0 Å². The van der Waals surface area contributed by atoms with Crippen molar-refractivity contribution in [1.29, 1.82) is 5.26 Å². The minimum atomic E-state index is -0.911. The molecular formula is C19H21F2N3. The summed E-state index contributed by atoms with van der Waals surface area (Å²) in [7, 11) is 0. The zero-order chi connectivity index (χ0) is 18.1. The molecule has 0 radical (unpaired) electrons. The summed E-state index contributed by atoms with van der Waals surface area (Å²) in [4.78, 5) is 8.43. The molecular weight excluding hydrogens is 308 g/mol. The fourth-order valence-corrected chi connectivity index (χ4v) is 1.91. The maximum Gasteiger partial charge on any atom is 0.166 e. The molecule has 0 aliphatic carbocycles. The highest BCUT2D eigenvalue weighted by molar-refractivity contribution is 6.40. The lowest BCUT2D eigenvalue weighted by Gasteiger charge is -2.07. The molecule has 0 fully saturated rings. The van der Waals surface area contributed by atoms with Crippen LogP contribution in [0.4, 0.5) is 8.78 Å². The van der Waals surface area contributed by atoms with Gasteiger partial charge in [-0.15, -0.1) is 0 Å². The monoisotopic (exact) mass is 329 g/mol. The average molecular weight is 329 g/mol. The maximum atomic E-state index is 14.2. The molecule has 0 N–H and O–H groups in total. The van der Waals surface area contributed by atoms with Crippen molar-refractivity contribution in [3.8, 4) is 6.07 Å². The third kappa shape index (κ3) is 5.24. The van der Waals surface area contributed by atoms with Crippen LogP contribution in [0.25, 0.3) is 5.57 Å². The zero-order valence-electron chi connectivity index (χ0n) is 14.4. The summed E-state index contributed by atoms with van der Waals surface area (Å²) in [6, 6.07) is 4.95. The third-order valence-electron chi connectivity index (χ3n) is 3.49. The third-order valence-corrected chi connectivity index (χ3v) is 3.49. The molecule has 0 saturated carbocycles. The molecule has 0 bridgehead atoms. The van der Waals surface area contributed by atoms with E-state index in [0.29, 0.717) is 11.3 Å². The maximum absolute atomic E-state index is 14.2. The first kappa shape index (κ1) is 19.4. The predicted octanol–water partition coefficient (Wildman–Crippen LogP) is 5.24. The van der Waals surface area contributed by atoms with Crippen molar-refractivity contribution in [2.75, 3.05) is 0 Å². The molecule has 1 aromatic carbocycles. The van der Waals surface area contributed by atoms with Crippen LogP contribution in [-0.2, 0) is 6.42 Å². The predicted molar refractivity (Wildman–Crippen MR) is 95.0 cm³/mol.